The third kappa shape index (κ3) is 5.99. The van der Waals surface area contributed by atoms with Gasteiger partial charge in [-0.15, -0.1) is 0 Å². The van der Waals surface area contributed by atoms with Gasteiger partial charge in [0.2, 0.25) is 11.7 Å². The Labute approximate surface area is 232 Å². The van der Waals surface area contributed by atoms with Crippen molar-refractivity contribution in [2.75, 3.05) is 33.8 Å². The van der Waals surface area contributed by atoms with E-state index in [4.69, 9.17) is 23.7 Å². The highest BCUT2D eigenvalue weighted by molar-refractivity contribution is 6.09. The summed E-state index contributed by atoms with van der Waals surface area (Å²) in [6, 6.07) is 14.8. The van der Waals surface area contributed by atoms with Gasteiger partial charge in [-0.25, -0.2) is 0 Å². The quantitative estimate of drug-likeness (QED) is 0.160. The van der Waals surface area contributed by atoms with Crippen molar-refractivity contribution >= 4 is 34.5 Å². The van der Waals surface area contributed by atoms with Gasteiger partial charge in [-0.1, -0.05) is 17.7 Å². The molecular weight excluding hydrogens is 512 g/mol. The van der Waals surface area contributed by atoms with Gasteiger partial charge in [-0.3, -0.25) is 14.6 Å². The zero-order chi connectivity index (χ0) is 28.8. The lowest BCUT2D eigenvalue weighted by atomic mass is 9.97. The number of nitrogens with one attached hydrogen (secondary N) is 1. The summed E-state index contributed by atoms with van der Waals surface area (Å²) in [5.41, 5.74) is 4.60. The number of aryl methyl sites for hydroxylation is 1. The summed E-state index contributed by atoms with van der Waals surface area (Å²) in [5.74, 6) is 1.02. The van der Waals surface area contributed by atoms with Crippen LogP contribution in [0.15, 0.2) is 60.8 Å². The molecule has 9 heteroatoms. The summed E-state index contributed by atoms with van der Waals surface area (Å²) >= 11 is 0. The van der Waals surface area contributed by atoms with Crippen LogP contribution >= 0.6 is 0 Å². The first kappa shape index (κ1) is 28.0. The lowest BCUT2D eigenvalue weighted by molar-refractivity contribution is -0.132. The van der Waals surface area contributed by atoms with Gasteiger partial charge >= 0.3 is 5.97 Å². The molecule has 4 rings (SSSR count). The number of benzene rings is 3. The average Bonchev–Trinajstić information content (AvgIpc) is 2.95. The number of amides is 1. The number of pyridine rings is 1. The van der Waals surface area contributed by atoms with Gasteiger partial charge in [-0.2, -0.15) is 0 Å². The van der Waals surface area contributed by atoms with Crippen LogP contribution in [0, 0.1) is 6.92 Å². The molecule has 0 bridgehead atoms. The Morgan fingerprint density at radius 1 is 0.825 bits per heavy atom. The molecule has 1 amide bonds. The first-order valence-corrected chi connectivity index (χ1v) is 12.3. The SMILES string of the molecule is COc1ccc(-c2c(NC(=O)C=Cc3cc(OC)c(OC(C)=O)c(OC)c3)cnc3ccc(C)cc23)cc1OC. The molecule has 0 saturated heterocycles. The number of carbonyl (C=O) groups excluding carboxylic acids is 2. The van der Waals surface area contributed by atoms with E-state index in [2.05, 4.69) is 10.3 Å². The Morgan fingerprint density at radius 3 is 2.12 bits per heavy atom. The molecule has 9 nitrogen and oxygen atoms in total. The number of rotatable bonds is 9. The minimum Gasteiger partial charge on any atom is -0.493 e. The van der Waals surface area contributed by atoms with Crippen LogP contribution in [-0.2, 0) is 9.59 Å². The van der Waals surface area contributed by atoms with Gasteiger partial charge in [-0.05, 0) is 60.5 Å². The van der Waals surface area contributed by atoms with Crippen molar-refractivity contribution in [2.45, 2.75) is 13.8 Å². The minimum absolute atomic E-state index is 0.163. The van der Waals surface area contributed by atoms with E-state index in [1.807, 2.05) is 43.3 Å². The summed E-state index contributed by atoms with van der Waals surface area (Å²) in [6.07, 6.45) is 4.63. The van der Waals surface area contributed by atoms with Crippen LogP contribution < -0.4 is 29.0 Å². The predicted molar refractivity (Wildman–Crippen MR) is 154 cm³/mol. The molecule has 4 aromatic rings. The van der Waals surface area contributed by atoms with Crippen LogP contribution in [-0.4, -0.2) is 45.3 Å². The van der Waals surface area contributed by atoms with E-state index in [-0.39, 0.29) is 11.7 Å². The van der Waals surface area contributed by atoms with Gasteiger partial charge in [0, 0.05) is 23.9 Å². The van der Waals surface area contributed by atoms with Crippen molar-refractivity contribution < 1.29 is 33.3 Å². The van der Waals surface area contributed by atoms with E-state index in [0.29, 0.717) is 34.2 Å². The Kier molecular flexibility index (Phi) is 8.54. The summed E-state index contributed by atoms with van der Waals surface area (Å²) in [7, 11) is 6.06. The number of fused-ring (bicyclic) bond motifs is 1. The van der Waals surface area contributed by atoms with Crippen LogP contribution in [0.3, 0.4) is 0 Å². The molecule has 0 saturated carbocycles. The zero-order valence-electron chi connectivity index (χ0n) is 23.2. The second kappa shape index (κ2) is 12.2. The van der Waals surface area contributed by atoms with Crippen molar-refractivity contribution in [3.05, 3.63) is 71.9 Å². The largest absolute Gasteiger partial charge is 0.493 e. The van der Waals surface area contributed by atoms with Gasteiger partial charge < -0.3 is 29.0 Å². The first-order valence-electron chi connectivity index (χ1n) is 12.3. The monoisotopic (exact) mass is 542 g/mol. The smallest absolute Gasteiger partial charge is 0.308 e. The molecule has 0 aliphatic heterocycles. The van der Waals surface area contributed by atoms with Crippen LogP contribution in [0.1, 0.15) is 18.1 Å². The number of carbonyl (C=O) groups is 2. The fraction of sp³-hybridized carbons (Fsp3) is 0.194. The number of hydrogen-bond donors (Lipinski definition) is 1. The van der Waals surface area contributed by atoms with E-state index in [1.165, 1.54) is 27.2 Å². The number of aromatic nitrogens is 1. The summed E-state index contributed by atoms with van der Waals surface area (Å²) < 4.78 is 26.9. The van der Waals surface area contributed by atoms with Gasteiger partial charge in [0.25, 0.3) is 0 Å². The number of esters is 1. The molecule has 1 aromatic heterocycles. The van der Waals surface area contributed by atoms with Crippen molar-refractivity contribution in [3.63, 3.8) is 0 Å². The predicted octanol–water partition coefficient (Wildman–Crippen LogP) is 5.82. The van der Waals surface area contributed by atoms with E-state index < -0.39 is 5.97 Å². The molecule has 0 atom stereocenters. The molecule has 1 heterocycles. The summed E-state index contributed by atoms with van der Waals surface area (Å²) in [4.78, 5) is 29.2. The lowest BCUT2D eigenvalue weighted by Gasteiger charge is -2.16. The molecule has 0 fully saturated rings. The molecule has 0 aliphatic rings. The molecular formula is C31H30N2O7. The number of methoxy groups -OCH3 is 4. The van der Waals surface area contributed by atoms with Crippen molar-refractivity contribution in [1.29, 1.82) is 0 Å². The van der Waals surface area contributed by atoms with E-state index >= 15 is 0 Å². The average molecular weight is 543 g/mol. The summed E-state index contributed by atoms with van der Waals surface area (Å²) in [6.45, 7) is 3.29. The van der Waals surface area contributed by atoms with Crippen molar-refractivity contribution in [3.8, 4) is 39.9 Å². The highest BCUT2D eigenvalue weighted by Crippen LogP contribution is 2.40. The third-order valence-electron chi connectivity index (χ3n) is 6.11. The van der Waals surface area contributed by atoms with Gasteiger partial charge in [0.15, 0.2) is 23.0 Å². The standard InChI is InChI=1S/C31H30N2O7/c1-18-7-10-23-22(13-18)30(21-9-11-25(36-3)26(16-21)37-4)24(17-32-23)33-29(35)12-8-20-14-27(38-5)31(40-19(2)34)28(15-20)39-6/h7-17H,1-6H3,(H,33,35). The molecule has 0 aliphatic carbocycles. The highest BCUT2D eigenvalue weighted by atomic mass is 16.6. The van der Waals surface area contributed by atoms with E-state index in [0.717, 1.165) is 27.6 Å². The van der Waals surface area contributed by atoms with Crippen LogP contribution in [0.25, 0.3) is 28.1 Å². The van der Waals surface area contributed by atoms with E-state index in [1.54, 1.807) is 38.6 Å². The Morgan fingerprint density at radius 2 is 1.50 bits per heavy atom. The fourth-order valence-corrected chi connectivity index (χ4v) is 4.29. The highest BCUT2D eigenvalue weighted by Gasteiger charge is 2.17. The van der Waals surface area contributed by atoms with E-state index in [9.17, 15) is 9.59 Å². The maximum Gasteiger partial charge on any atom is 0.308 e. The van der Waals surface area contributed by atoms with Crippen molar-refractivity contribution in [1.82, 2.24) is 4.98 Å². The Balaban J connectivity index is 1.72. The molecule has 0 unspecified atom stereocenters. The van der Waals surface area contributed by atoms with Crippen LogP contribution in [0.2, 0.25) is 0 Å². The number of nitrogens with zero attached hydrogens (tertiary/aromatic N) is 1. The van der Waals surface area contributed by atoms with Gasteiger partial charge in [0.1, 0.15) is 0 Å². The number of anilines is 1. The molecule has 0 radical (unpaired) electrons. The maximum atomic E-state index is 13.1. The molecule has 40 heavy (non-hydrogen) atoms. The van der Waals surface area contributed by atoms with Crippen LogP contribution in [0.4, 0.5) is 5.69 Å². The second-order valence-electron chi connectivity index (χ2n) is 8.81. The number of ether oxygens (including phenoxy) is 5. The zero-order valence-corrected chi connectivity index (χ0v) is 23.2. The first-order chi connectivity index (χ1) is 19.3. The number of hydrogen-bond acceptors (Lipinski definition) is 8. The molecule has 206 valence electrons. The van der Waals surface area contributed by atoms with Gasteiger partial charge in [0.05, 0.1) is 45.8 Å². The molecule has 1 N–H and O–H groups in total. The Hall–Kier alpha value is -5.05. The van der Waals surface area contributed by atoms with Crippen molar-refractivity contribution in [2.24, 2.45) is 0 Å². The second-order valence-corrected chi connectivity index (χ2v) is 8.81. The normalized spacial score (nSPS) is 10.8. The lowest BCUT2D eigenvalue weighted by Crippen LogP contribution is -2.09. The molecule has 0 spiro atoms. The Bertz CT molecular complexity index is 1590. The maximum absolute atomic E-state index is 13.1. The minimum atomic E-state index is -0.510. The summed E-state index contributed by atoms with van der Waals surface area (Å²) in [5, 5.41) is 3.84. The molecule has 3 aromatic carbocycles. The fourth-order valence-electron chi connectivity index (χ4n) is 4.29. The third-order valence-corrected chi connectivity index (χ3v) is 6.11. The topological polar surface area (TPSA) is 105 Å². The van der Waals surface area contributed by atoms with Crippen LogP contribution in [0.5, 0.6) is 28.7 Å².